The molecule has 0 atom stereocenters. The van der Waals surface area contributed by atoms with Gasteiger partial charge in [0.15, 0.2) is 0 Å². The van der Waals surface area contributed by atoms with Gasteiger partial charge in [-0.15, -0.1) is 0 Å². The van der Waals surface area contributed by atoms with Gasteiger partial charge in [0.1, 0.15) is 0 Å². The van der Waals surface area contributed by atoms with E-state index in [1.807, 2.05) is 12.2 Å². The third kappa shape index (κ3) is 2.23. The second-order valence-corrected chi connectivity index (χ2v) is 2.39. The van der Waals surface area contributed by atoms with Crippen molar-refractivity contribution in [1.29, 1.82) is 0 Å². The lowest BCUT2D eigenvalue weighted by atomic mass is 10.4. The van der Waals surface area contributed by atoms with Crippen molar-refractivity contribution in [3.63, 3.8) is 0 Å². The molecule has 1 N–H and O–H groups in total. The number of aliphatic carboxylic acids is 1. The van der Waals surface area contributed by atoms with E-state index in [4.69, 9.17) is 5.11 Å². The van der Waals surface area contributed by atoms with Crippen molar-refractivity contribution < 1.29 is 14.7 Å². The molecular weight excluding hydrogens is 158 g/mol. The third-order valence-electron chi connectivity index (χ3n) is 1.50. The van der Waals surface area contributed by atoms with E-state index in [1.54, 1.807) is 4.90 Å². The first kappa shape index (κ1) is 8.52. The van der Waals surface area contributed by atoms with Crippen molar-refractivity contribution in [2.45, 2.75) is 0 Å². The Labute approximate surface area is 69.8 Å². The van der Waals surface area contributed by atoms with Gasteiger partial charge in [-0.1, -0.05) is 12.2 Å². The summed E-state index contributed by atoms with van der Waals surface area (Å²) in [6.07, 6.45) is 5.65. The van der Waals surface area contributed by atoms with Crippen LogP contribution in [0.25, 0.3) is 0 Å². The molecule has 0 saturated carbocycles. The molecule has 1 heterocycles. The monoisotopic (exact) mass is 167 g/mol. The number of nitrogens with zero attached hydrogens (tertiary/aromatic N) is 1. The van der Waals surface area contributed by atoms with Crippen molar-refractivity contribution in [2.75, 3.05) is 13.1 Å². The molecule has 0 aromatic heterocycles. The molecule has 4 heteroatoms. The summed E-state index contributed by atoms with van der Waals surface area (Å²) in [5, 5.41) is 8.23. The zero-order valence-corrected chi connectivity index (χ0v) is 6.43. The molecule has 64 valence electrons. The predicted molar refractivity (Wildman–Crippen MR) is 42.5 cm³/mol. The summed E-state index contributed by atoms with van der Waals surface area (Å²) in [6, 6.07) is 0. The van der Waals surface area contributed by atoms with Gasteiger partial charge in [0, 0.05) is 25.2 Å². The standard InChI is InChI=1S/C8H9NO3/c10-7(3-4-8(11)12)9-5-1-2-6-9/h1-4H,5-6H2,(H,11,12)/b4-3-. The molecule has 0 spiro atoms. The van der Waals surface area contributed by atoms with E-state index in [2.05, 4.69) is 0 Å². The van der Waals surface area contributed by atoms with E-state index in [9.17, 15) is 9.59 Å². The van der Waals surface area contributed by atoms with Crippen molar-refractivity contribution in [3.05, 3.63) is 24.3 Å². The maximum Gasteiger partial charge on any atom is 0.328 e. The van der Waals surface area contributed by atoms with E-state index >= 15 is 0 Å². The summed E-state index contributed by atoms with van der Waals surface area (Å²) in [5.74, 6) is -1.36. The fourth-order valence-corrected chi connectivity index (χ4v) is 0.906. The molecule has 4 nitrogen and oxygen atoms in total. The zero-order valence-electron chi connectivity index (χ0n) is 6.43. The van der Waals surface area contributed by atoms with Crippen LogP contribution in [-0.4, -0.2) is 35.0 Å². The Morgan fingerprint density at radius 3 is 2.33 bits per heavy atom. The number of rotatable bonds is 2. The molecule has 1 aliphatic heterocycles. The minimum atomic E-state index is -1.10. The summed E-state index contributed by atoms with van der Waals surface area (Å²) in [4.78, 5) is 22.7. The Hall–Kier alpha value is -1.58. The van der Waals surface area contributed by atoms with Gasteiger partial charge in [-0.05, 0) is 0 Å². The summed E-state index contributed by atoms with van der Waals surface area (Å²) in [7, 11) is 0. The molecule has 0 radical (unpaired) electrons. The molecular formula is C8H9NO3. The Kier molecular flexibility index (Phi) is 2.63. The fraction of sp³-hybridized carbons (Fsp3) is 0.250. The number of carbonyl (C=O) groups is 2. The highest BCUT2D eigenvalue weighted by atomic mass is 16.4. The number of carbonyl (C=O) groups excluding carboxylic acids is 1. The van der Waals surface area contributed by atoms with E-state index in [1.165, 1.54) is 0 Å². The number of amides is 1. The highest BCUT2D eigenvalue weighted by Gasteiger charge is 2.10. The van der Waals surface area contributed by atoms with Gasteiger partial charge in [0.2, 0.25) is 5.91 Å². The van der Waals surface area contributed by atoms with Crippen molar-refractivity contribution in [1.82, 2.24) is 4.90 Å². The van der Waals surface area contributed by atoms with Crippen molar-refractivity contribution in [2.24, 2.45) is 0 Å². The van der Waals surface area contributed by atoms with Gasteiger partial charge in [-0.25, -0.2) is 4.79 Å². The molecule has 1 rings (SSSR count). The van der Waals surface area contributed by atoms with Crippen LogP contribution in [0.4, 0.5) is 0 Å². The normalized spacial score (nSPS) is 15.8. The number of hydrogen-bond acceptors (Lipinski definition) is 2. The quantitative estimate of drug-likeness (QED) is 0.466. The van der Waals surface area contributed by atoms with Crippen molar-refractivity contribution in [3.8, 4) is 0 Å². The van der Waals surface area contributed by atoms with E-state index in [0.29, 0.717) is 13.1 Å². The zero-order chi connectivity index (χ0) is 8.97. The van der Waals surface area contributed by atoms with Crippen molar-refractivity contribution >= 4 is 11.9 Å². The Morgan fingerprint density at radius 2 is 1.83 bits per heavy atom. The van der Waals surface area contributed by atoms with Crippen LogP contribution in [0.5, 0.6) is 0 Å². The molecule has 0 bridgehead atoms. The SMILES string of the molecule is O=C(O)/C=C\C(=O)N1CC=CC1. The number of carboxylic acids is 1. The van der Waals surface area contributed by atoms with E-state index in [-0.39, 0.29) is 5.91 Å². The van der Waals surface area contributed by atoms with Gasteiger partial charge in [0.05, 0.1) is 0 Å². The van der Waals surface area contributed by atoms with Crippen LogP contribution < -0.4 is 0 Å². The molecule has 12 heavy (non-hydrogen) atoms. The van der Waals surface area contributed by atoms with Gasteiger partial charge in [-0.3, -0.25) is 4.79 Å². The molecule has 0 aromatic rings. The average Bonchev–Trinajstić information content (AvgIpc) is 2.51. The minimum absolute atomic E-state index is 0.262. The van der Waals surface area contributed by atoms with Crippen LogP contribution in [0.15, 0.2) is 24.3 Å². The lowest BCUT2D eigenvalue weighted by Crippen LogP contribution is -2.26. The highest BCUT2D eigenvalue weighted by molar-refractivity contribution is 5.94. The fourth-order valence-electron chi connectivity index (χ4n) is 0.906. The van der Waals surface area contributed by atoms with Gasteiger partial charge >= 0.3 is 5.97 Å². The summed E-state index contributed by atoms with van der Waals surface area (Å²) in [5.41, 5.74) is 0. The lowest BCUT2D eigenvalue weighted by Gasteiger charge is -2.11. The van der Waals surface area contributed by atoms with E-state index in [0.717, 1.165) is 12.2 Å². The van der Waals surface area contributed by atoms with Crippen LogP contribution in [0, 0.1) is 0 Å². The Morgan fingerprint density at radius 1 is 1.25 bits per heavy atom. The maximum absolute atomic E-state index is 11.1. The largest absolute Gasteiger partial charge is 0.478 e. The second kappa shape index (κ2) is 3.71. The van der Waals surface area contributed by atoms with Gasteiger partial charge in [0.25, 0.3) is 0 Å². The molecule has 0 fully saturated rings. The molecule has 0 aromatic carbocycles. The highest BCUT2D eigenvalue weighted by Crippen LogP contribution is 1.99. The van der Waals surface area contributed by atoms with Crippen LogP contribution >= 0.6 is 0 Å². The number of hydrogen-bond donors (Lipinski definition) is 1. The van der Waals surface area contributed by atoms with Crippen LogP contribution in [-0.2, 0) is 9.59 Å². The van der Waals surface area contributed by atoms with Crippen LogP contribution in [0.2, 0.25) is 0 Å². The number of carboxylic acid groups (broad SMARTS) is 1. The summed E-state index contributed by atoms with van der Waals surface area (Å²) < 4.78 is 0. The third-order valence-corrected chi connectivity index (χ3v) is 1.50. The van der Waals surface area contributed by atoms with E-state index < -0.39 is 5.97 Å². The summed E-state index contributed by atoms with van der Waals surface area (Å²) >= 11 is 0. The van der Waals surface area contributed by atoms with Crippen LogP contribution in [0.3, 0.4) is 0 Å². The Balaban J connectivity index is 2.43. The topological polar surface area (TPSA) is 57.6 Å². The smallest absolute Gasteiger partial charge is 0.328 e. The summed E-state index contributed by atoms with van der Waals surface area (Å²) in [6.45, 7) is 1.14. The van der Waals surface area contributed by atoms with Gasteiger partial charge in [-0.2, -0.15) is 0 Å². The average molecular weight is 167 g/mol. The molecule has 0 unspecified atom stereocenters. The second-order valence-electron chi connectivity index (χ2n) is 2.39. The molecule has 0 aliphatic carbocycles. The first-order valence-electron chi connectivity index (χ1n) is 3.55. The van der Waals surface area contributed by atoms with Gasteiger partial charge < -0.3 is 10.0 Å². The lowest BCUT2D eigenvalue weighted by molar-refractivity contribution is -0.132. The van der Waals surface area contributed by atoms with Crippen LogP contribution in [0.1, 0.15) is 0 Å². The first-order valence-corrected chi connectivity index (χ1v) is 3.55. The molecule has 1 aliphatic rings. The molecule has 0 saturated heterocycles. The molecule has 1 amide bonds. The maximum atomic E-state index is 11.1. The first-order chi connectivity index (χ1) is 5.70. The predicted octanol–water partition coefficient (Wildman–Crippen LogP) is 0.0256. The Bertz CT molecular complexity index is 247. The minimum Gasteiger partial charge on any atom is -0.478 e.